The number of hydrogen-bond donors (Lipinski definition) is 1. The van der Waals surface area contributed by atoms with E-state index in [-0.39, 0.29) is 17.4 Å². The van der Waals surface area contributed by atoms with Crippen LogP contribution in [0.15, 0.2) is 71.9 Å². The molecule has 160 valence electrons. The first-order valence-electron chi connectivity index (χ1n) is 10.2. The monoisotopic (exact) mass is 433 g/mol. The number of amidine groups is 1. The summed E-state index contributed by atoms with van der Waals surface area (Å²) in [4.78, 5) is 18.1. The standard InChI is InChI=1S/C24H18F3N5/c1-2-18-15-10-7-13-28-20(15)23(29-18)32-22-16-9-4-6-12-19(16)30-21(31-22)14-8-3-5-11-17(14)24(25,26)27/h3-13,18H,2H2,1H3,(H,29,30,31,32). The van der Waals surface area contributed by atoms with Crippen molar-refractivity contribution >= 4 is 22.6 Å². The summed E-state index contributed by atoms with van der Waals surface area (Å²) >= 11 is 0. The van der Waals surface area contributed by atoms with Gasteiger partial charge in [0.05, 0.1) is 17.1 Å². The molecule has 2 aromatic carbocycles. The summed E-state index contributed by atoms with van der Waals surface area (Å²) in [5, 5.41) is 3.91. The average molecular weight is 433 g/mol. The van der Waals surface area contributed by atoms with Crippen LogP contribution in [-0.2, 0) is 6.18 Å². The lowest BCUT2D eigenvalue weighted by atomic mass is 10.1. The van der Waals surface area contributed by atoms with Crippen LogP contribution >= 0.6 is 0 Å². The second-order valence-electron chi connectivity index (χ2n) is 7.42. The summed E-state index contributed by atoms with van der Waals surface area (Å²) in [6.45, 7) is 2.04. The molecule has 3 heterocycles. The molecule has 8 heteroatoms. The molecule has 0 spiro atoms. The average Bonchev–Trinajstić information content (AvgIpc) is 3.16. The van der Waals surface area contributed by atoms with E-state index in [0.29, 0.717) is 22.6 Å². The molecule has 0 amide bonds. The molecule has 1 unspecified atom stereocenters. The molecule has 0 saturated heterocycles. The van der Waals surface area contributed by atoms with Crippen LogP contribution in [0.2, 0.25) is 0 Å². The first kappa shape index (κ1) is 20.1. The number of benzene rings is 2. The molecule has 1 N–H and O–H groups in total. The van der Waals surface area contributed by atoms with Crippen LogP contribution in [0, 0.1) is 0 Å². The topological polar surface area (TPSA) is 63.1 Å². The Morgan fingerprint density at radius 1 is 0.938 bits per heavy atom. The molecule has 1 atom stereocenters. The fraction of sp³-hybridized carbons (Fsp3) is 0.167. The molecule has 5 rings (SSSR count). The molecule has 0 radical (unpaired) electrons. The summed E-state index contributed by atoms with van der Waals surface area (Å²) in [6, 6.07) is 16.3. The van der Waals surface area contributed by atoms with Gasteiger partial charge in [0.15, 0.2) is 11.7 Å². The number of aromatic nitrogens is 3. The van der Waals surface area contributed by atoms with Crippen molar-refractivity contribution in [2.45, 2.75) is 25.6 Å². The SMILES string of the molecule is CCC1N=C(Nc2nc(-c3ccccc3C(F)(F)F)nc3ccccc23)c2ncccc21. The highest BCUT2D eigenvalue weighted by molar-refractivity contribution is 6.12. The predicted octanol–water partition coefficient (Wildman–Crippen LogP) is 6.03. The smallest absolute Gasteiger partial charge is 0.323 e. The maximum Gasteiger partial charge on any atom is 0.417 e. The van der Waals surface area contributed by atoms with Crippen molar-refractivity contribution in [3.8, 4) is 11.4 Å². The number of para-hydroxylation sites is 1. The van der Waals surface area contributed by atoms with E-state index >= 15 is 0 Å². The third-order valence-corrected chi connectivity index (χ3v) is 5.41. The number of fused-ring (bicyclic) bond motifs is 2. The van der Waals surface area contributed by atoms with E-state index in [1.165, 1.54) is 12.1 Å². The van der Waals surface area contributed by atoms with Crippen LogP contribution in [0.25, 0.3) is 22.3 Å². The lowest BCUT2D eigenvalue weighted by molar-refractivity contribution is -0.137. The van der Waals surface area contributed by atoms with Gasteiger partial charge in [0.1, 0.15) is 11.5 Å². The molecular formula is C24H18F3N5. The van der Waals surface area contributed by atoms with Gasteiger partial charge in [-0.25, -0.2) is 9.97 Å². The Hall–Kier alpha value is -3.81. The zero-order valence-corrected chi connectivity index (χ0v) is 17.1. The maximum atomic E-state index is 13.6. The van der Waals surface area contributed by atoms with Gasteiger partial charge in [0.25, 0.3) is 0 Å². The largest absolute Gasteiger partial charge is 0.417 e. The highest BCUT2D eigenvalue weighted by Crippen LogP contribution is 2.37. The van der Waals surface area contributed by atoms with E-state index in [4.69, 9.17) is 4.99 Å². The van der Waals surface area contributed by atoms with Gasteiger partial charge in [-0.3, -0.25) is 9.98 Å². The van der Waals surface area contributed by atoms with Crippen molar-refractivity contribution in [2.75, 3.05) is 5.32 Å². The Kier molecular flexibility index (Phi) is 4.84. The summed E-state index contributed by atoms with van der Waals surface area (Å²) in [5.41, 5.74) is 1.41. The van der Waals surface area contributed by atoms with Crippen LogP contribution in [0.4, 0.5) is 19.0 Å². The fourth-order valence-electron chi connectivity index (χ4n) is 3.90. The minimum absolute atomic E-state index is 0.00833. The van der Waals surface area contributed by atoms with Gasteiger partial charge in [-0.15, -0.1) is 0 Å². The molecular weight excluding hydrogens is 415 g/mol. The lowest BCUT2D eigenvalue weighted by Crippen LogP contribution is -2.15. The van der Waals surface area contributed by atoms with E-state index < -0.39 is 11.7 Å². The third-order valence-electron chi connectivity index (χ3n) is 5.41. The molecule has 2 aromatic heterocycles. The zero-order chi connectivity index (χ0) is 22.3. The van der Waals surface area contributed by atoms with E-state index in [1.807, 2.05) is 31.2 Å². The van der Waals surface area contributed by atoms with Crippen molar-refractivity contribution in [2.24, 2.45) is 4.99 Å². The Morgan fingerprint density at radius 3 is 2.53 bits per heavy atom. The number of aliphatic imine (C=N–C) groups is 1. The number of nitrogens with one attached hydrogen (secondary N) is 1. The van der Waals surface area contributed by atoms with Gasteiger partial charge in [-0.05, 0) is 30.7 Å². The van der Waals surface area contributed by atoms with Gasteiger partial charge in [0.2, 0.25) is 0 Å². The Bertz CT molecular complexity index is 1350. The van der Waals surface area contributed by atoms with Crippen LogP contribution in [0.5, 0.6) is 0 Å². The fourth-order valence-corrected chi connectivity index (χ4v) is 3.90. The number of halogens is 3. The summed E-state index contributed by atoms with van der Waals surface area (Å²) in [7, 11) is 0. The molecule has 0 saturated carbocycles. The van der Waals surface area contributed by atoms with Crippen molar-refractivity contribution in [3.05, 3.63) is 83.7 Å². The van der Waals surface area contributed by atoms with Crippen molar-refractivity contribution in [3.63, 3.8) is 0 Å². The number of hydrogen-bond acceptors (Lipinski definition) is 5. The highest BCUT2D eigenvalue weighted by atomic mass is 19.4. The minimum atomic E-state index is -4.52. The first-order chi connectivity index (χ1) is 15.5. The quantitative estimate of drug-likeness (QED) is 0.428. The van der Waals surface area contributed by atoms with Gasteiger partial charge < -0.3 is 5.32 Å². The van der Waals surface area contributed by atoms with E-state index in [0.717, 1.165) is 23.7 Å². The molecule has 4 aromatic rings. The number of pyridine rings is 1. The highest BCUT2D eigenvalue weighted by Gasteiger charge is 2.34. The first-order valence-corrected chi connectivity index (χ1v) is 10.2. The normalized spacial score (nSPS) is 15.5. The molecule has 32 heavy (non-hydrogen) atoms. The third kappa shape index (κ3) is 3.47. The molecule has 0 fully saturated rings. The van der Waals surface area contributed by atoms with Gasteiger partial charge in [-0.1, -0.05) is 43.3 Å². The minimum Gasteiger partial charge on any atom is -0.323 e. The van der Waals surface area contributed by atoms with Crippen LogP contribution in [0.1, 0.15) is 36.2 Å². The molecule has 1 aliphatic rings. The van der Waals surface area contributed by atoms with E-state index in [9.17, 15) is 13.2 Å². The molecule has 5 nitrogen and oxygen atoms in total. The van der Waals surface area contributed by atoms with Crippen LogP contribution in [0.3, 0.4) is 0 Å². The Labute approximate surface area is 182 Å². The Balaban J connectivity index is 1.66. The number of rotatable bonds is 3. The van der Waals surface area contributed by atoms with Crippen molar-refractivity contribution in [1.82, 2.24) is 15.0 Å². The predicted molar refractivity (Wildman–Crippen MR) is 117 cm³/mol. The van der Waals surface area contributed by atoms with Crippen molar-refractivity contribution in [1.29, 1.82) is 0 Å². The number of anilines is 1. The second-order valence-corrected chi connectivity index (χ2v) is 7.42. The van der Waals surface area contributed by atoms with Crippen LogP contribution in [-0.4, -0.2) is 20.8 Å². The number of nitrogens with zero attached hydrogens (tertiary/aromatic N) is 4. The Morgan fingerprint density at radius 2 is 1.72 bits per heavy atom. The zero-order valence-electron chi connectivity index (χ0n) is 17.1. The lowest BCUT2D eigenvalue weighted by Gasteiger charge is -2.14. The van der Waals surface area contributed by atoms with E-state index in [2.05, 4.69) is 20.3 Å². The maximum absolute atomic E-state index is 13.6. The molecule has 0 bridgehead atoms. The molecule has 1 aliphatic heterocycles. The van der Waals surface area contributed by atoms with E-state index in [1.54, 1.807) is 24.4 Å². The van der Waals surface area contributed by atoms with Crippen LogP contribution < -0.4 is 5.32 Å². The van der Waals surface area contributed by atoms with Gasteiger partial charge >= 0.3 is 6.18 Å². The second kappa shape index (κ2) is 7.71. The summed E-state index contributed by atoms with van der Waals surface area (Å²) in [5.74, 6) is 0.923. The summed E-state index contributed by atoms with van der Waals surface area (Å²) in [6.07, 6.45) is -2.03. The molecule has 0 aliphatic carbocycles. The summed E-state index contributed by atoms with van der Waals surface area (Å²) < 4.78 is 40.9. The van der Waals surface area contributed by atoms with Gasteiger partial charge in [0, 0.05) is 22.7 Å². The van der Waals surface area contributed by atoms with Crippen molar-refractivity contribution < 1.29 is 13.2 Å². The number of alkyl halides is 3. The van der Waals surface area contributed by atoms with Gasteiger partial charge in [-0.2, -0.15) is 13.2 Å².